The Bertz CT molecular complexity index is 978. The molecule has 0 spiro atoms. The molecular weight excluding hydrogens is 386 g/mol. The van der Waals surface area contributed by atoms with Gasteiger partial charge in [0.15, 0.2) is 6.61 Å². The van der Waals surface area contributed by atoms with Crippen LogP contribution in [-0.4, -0.2) is 28.6 Å². The average molecular weight is 404 g/mol. The molecule has 28 heavy (non-hydrogen) atoms. The van der Waals surface area contributed by atoms with E-state index in [2.05, 4.69) is 15.5 Å². The number of aryl methyl sites for hydroxylation is 2. The van der Waals surface area contributed by atoms with Crippen molar-refractivity contribution in [3.05, 3.63) is 58.3 Å². The predicted molar refractivity (Wildman–Crippen MR) is 99.7 cm³/mol. The van der Waals surface area contributed by atoms with Gasteiger partial charge < -0.3 is 18.9 Å². The summed E-state index contributed by atoms with van der Waals surface area (Å²) in [5, 5.41) is 11.0. The van der Waals surface area contributed by atoms with Gasteiger partial charge in [-0.1, -0.05) is 11.6 Å². The number of carbonyl (C=O) groups excluding carboxylic acids is 2. The first-order valence-corrected chi connectivity index (χ1v) is 8.89. The number of hydrogen-bond acceptors (Lipinski definition) is 7. The smallest absolute Gasteiger partial charge is 0.308 e. The van der Waals surface area contributed by atoms with Crippen LogP contribution in [-0.2, 0) is 16.1 Å². The Morgan fingerprint density at radius 1 is 1.14 bits per heavy atom. The van der Waals surface area contributed by atoms with E-state index in [0.717, 1.165) is 5.76 Å². The lowest BCUT2D eigenvalue weighted by Crippen LogP contribution is -2.26. The second kappa shape index (κ2) is 8.71. The first kappa shape index (κ1) is 19.6. The molecule has 0 saturated heterocycles. The fourth-order valence-corrected chi connectivity index (χ4v) is 2.59. The number of halogens is 1. The van der Waals surface area contributed by atoms with Crippen molar-refractivity contribution < 1.29 is 23.2 Å². The third-order valence-corrected chi connectivity index (χ3v) is 4.07. The van der Waals surface area contributed by atoms with E-state index in [4.69, 9.17) is 25.2 Å². The topological polar surface area (TPSA) is 107 Å². The minimum Gasteiger partial charge on any atom is -0.466 e. The van der Waals surface area contributed by atoms with Gasteiger partial charge in [0.25, 0.3) is 17.7 Å². The molecule has 1 amide bonds. The zero-order valence-electron chi connectivity index (χ0n) is 15.3. The van der Waals surface area contributed by atoms with Crippen LogP contribution in [0.15, 0.2) is 39.2 Å². The average Bonchev–Trinajstić information content (AvgIpc) is 3.26. The Balaban J connectivity index is 1.43. The lowest BCUT2D eigenvalue weighted by atomic mass is 10.2. The van der Waals surface area contributed by atoms with E-state index in [0.29, 0.717) is 27.8 Å². The summed E-state index contributed by atoms with van der Waals surface area (Å²) >= 11 is 5.78. The van der Waals surface area contributed by atoms with Crippen LogP contribution in [0.2, 0.25) is 5.02 Å². The Hall–Kier alpha value is -3.13. The highest BCUT2D eigenvalue weighted by atomic mass is 35.5. The number of ether oxygens (including phenoxy) is 1. The highest BCUT2D eigenvalue weighted by Gasteiger charge is 2.15. The number of amides is 1. The Morgan fingerprint density at radius 2 is 1.89 bits per heavy atom. The van der Waals surface area contributed by atoms with Crippen molar-refractivity contribution in [1.82, 2.24) is 15.5 Å². The number of esters is 1. The van der Waals surface area contributed by atoms with Gasteiger partial charge in [0.05, 0.1) is 12.0 Å². The van der Waals surface area contributed by atoms with Crippen LogP contribution < -0.4 is 5.32 Å². The highest BCUT2D eigenvalue weighted by molar-refractivity contribution is 6.30. The van der Waals surface area contributed by atoms with Crippen LogP contribution in [0.1, 0.15) is 34.2 Å². The first-order valence-electron chi connectivity index (χ1n) is 8.51. The van der Waals surface area contributed by atoms with Crippen LogP contribution >= 0.6 is 11.6 Å². The van der Waals surface area contributed by atoms with E-state index in [-0.39, 0.29) is 31.4 Å². The zero-order valence-corrected chi connectivity index (χ0v) is 16.1. The van der Waals surface area contributed by atoms with Gasteiger partial charge in [0.2, 0.25) is 0 Å². The molecule has 1 N–H and O–H groups in total. The fraction of sp³-hybridized carbons (Fsp3) is 0.263. The maximum absolute atomic E-state index is 11.9. The van der Waals surface area contributed by atoms with Gasteiger partial charge in [0, 0.05) is 17.1 Å². The van der Waals surface area contributed by atoms with E-state index in [1.165, 1.54) is 0 Å². The molecule has 0 aliphatic heterocycles. The minimum absolute atomic E-state index is 0.0142. The molecule has 146 valence electrons. The minimum atomic E-state index is -0.494. The van der Waals surface area contributed by atoms with E-state index >= 15 is 0 Å². The number of nitrogens with one attached hydrogen (secondary N) is 1. The Morgan fingerprint density at radius 3 is 2.57 bits per heavy atom. The summed E-state index contributed by atoms with van der Waals surface area (Å²) in [6.45, 7) is 3.61. The van der Waals surface area contributed by atoms with E-state index in [1.54, 1.807) is 37.3 Å². The van der Waals surface area contributed by atoms with E-state index in [9.17, 15) is 9.59 Å². The van der Waals surface area contributed by atoms with Crippen molar-refractivity contribution in [3.63, 3.8) is 0 Å². The van der Waals surface area contributed by atoms with Crippen LogP contribution in [0, 0.1) is 13.8 Å². The molecule has 0 bridgehead atoms. The predicted octanol–water partition coefficient (Wildman–Crippen LogP) is 3.46. The number of nitrogens with zero attached hydrogens (tertiary/aromatic N) is 2. The fourth-order valence-electron chi connectivity index (χ4n) is 2.46. The summed E-state index contributed by atoms with van der Waals surface area (Å²) in [7, 11) is 0. The first-order chi connectivity index (χ1) is 13.4. The summed E-state index contributed by atoms with van der Waals surface area (Å²) in [6.07, 6.45) is 0.0142. The van der Waals surface area contributed by atoms with Gasteiger partial charge in [-0.25, -0.2) is 0 Å². The van der Waals surface area contributed by atoms with Gasteiger partial charge in [-0.2, -0.15) is 0 Å². The van der Waals surface area contributed by atoms with Crippen LogP contribution in [0.5, 0.6) is 0 Å². The summed E-state index contributed by atoms with van der Waals surface area (Å²) in [4.78, 5) is 23.8. The monoisotopic (exact) mass is 403 g/mol. The summed E-state index contributed by atoms with van der Waals surface area (Å²) in [6, 6.07) is 8.24. The molecule has 2 aromatic heterocycles. The summed E-state index contributed by atoms with van der Waals surface area (Å²) in [5.74, 6) is 1.09. The van der Waals surface area contributed by atoms with Crippen LogP contribution in [0.4, 0.5) is 0 Å². The molecule has 1 aromatic carbocycles. The molecule has 8 nitrogen and oxygen atoms in total. The second-order valence-electron chi connectivity index (χ2n) is 6.00. The van der Waals surface area contributed by atoms with E-state index < -0.39 is 5.97 Å². The number of benzene rings is 1. The van der Waals surface area contributed by atoms with Crippen molar-refractivity contribution >= 4 is 23.5 Å². The zero-order chi connectivity index (χ0) is 20.1. The lowest BCUT2D eigenvalue weighted by molar-refractivity contribution is -0.145. The molecule has 2 heterocycles. The molecule has 0 fully saturated rings. The van der Waals surface area contributed by atoms with Crippen molar-refractivity contribution in [2.45, 2.75) is 26.9 Å². The molecule has 3 rings (SSSR count). The SMILES string of the molecule is Cc1cc(-c2nnc(COC(=O)CCNC(=O)c3ccc(Cl)cc3)o2)c(C)o1. The Kier molecular flexibility index (Phi) is 6.10. The third kappa shape index (κ3) is 4.98. The summed E-state index contributed by atoms with van der Waals surface area (Å²) in [5.41, 5.74) is 1.16. The van der Waals surface area contributed by atoms with Crippen molar-refractivity contribution in [2.24, 2.45) is 0 Å². The van der Waals surface area contributed by atoms with Crippen molar-refractivity contribution in [2.75, 3.05) is 6.54 Å². The normalized spacial score (nSPS) is 10.7. The van der Waals surface area contributed by atoms with Crippen LogP contribution in [0.25, 0.3) is 11.5 Å². The molecule has 0 atom stereocenters. The van der Waals surface area contributed by atoms with Gasteiger partial charge in [-0.3, -0.25) is 9.59 Å². The van der Waals surface area contributed by atoms with Gasteiger partial charge in [-0.05, 0) is 44.2 Å². The van der Waals surface area contributed by atoms with Gasteiger partial charge in [0.1, 0.15) is 11.5 Å². The summed E-state index contributed by atoms with van der Waals surface area (Å²) < 4.78 is 16.0. The second-order valence-corrected chi connectivity index (χ2v) is 6.44. The quantitative estimate of drug-likeness (QED) is 0.602. The molecule has 0 aliphatic carbocycles. The van der Waals surface area contributed by atoms with Crippen molar-refractivity contribution in [1.29, 1.82) is 0 Å². The number of hydrogen-bond donors (Lipinski definition) is 1. The molecule has 9 heteroatoms. The number of rotatable bonds is 7. The molecule has 0 aliphatic rings. The maximum Gasteiger partial charge on any atom is 0.308 e. The molecule has 0 radical (unpaired) electrons. The maximum atomic E-state index is 11.9. The number of carbonyl (C=O) groups is 2. The lowest BCUT2D eigenvalue weighted by Gasteiger charge is -2.05. The van der Waals surface area contributed by atoms with Gasteiger partial charge in [-0.15, -0.1) is 10.2 Å². The number of furan rings is 1. The third-order valence-electron chi connectivity index (χ3n) is 3.82. The highest BCUT2D eigenvalue weighted by Crippen LogP contribution is 2.25. The molecule has 3 aromatic rings. The van der Waals surface area contributed by atoms with Crippen LogP contribution in [0.3, 0.4) is 0 Å². The standard InChI is InChI=1S/C19H18ClN3O5/c1-11-9-15(12(2)27-11)19-23-22-16(28-19)10-26-17(24)7-8-21-18(25)13-3-5-14(20)6-4-13/h3-6,9H,7-8,10H2,1-2H3,(H,21,25). The van der Waals surface area contributed by atoms with E-state index in [1.807, 2.05) is 6.92 Å². The largest absolute Gasteiger partial charge is 0.466 e. The van der Waals surface area contributed by atoms with Crippen molar-refractivity contribution in [3.8, 4) is 11.5 Å². The molecule has 0 saturated carbocycles. The Labute approximate surface area is 165 Å². The molecular formula is C19H18ClN3O5. The number of aromatic nitrogens is 2. The molecule has 0 unspecified atom stereocenters. The van der Waals surface area contributed by atoms with Gasteiger partial charge >= 0.3 is 5.97 Å².